The third-order valence-corrected chi connectivity index (χ3v) is 4.04. The van der Waals surface area contributed by atoms with Gasteiger partial charge in [-0.05, 0) is 30.6 Å². The molecule has 0 aliphatic carbocycles. The third-order valence-electron chi connectivity index (χ3n) is 4.04. The molecule has 1 heterocycles. The molecule has 2 N–H and O–H groups in total. The Labute approximate surface area is 111 Å². The van der Waals surface area contributed by atoms with Gasteiger partial charge in [-0.15, -0.1) is 0 Å². The second-order valence-electron chi connectivity index (χ2n) is 6.28. The molecule has 0 aromatic heterocycles. The first-order chi connectivity index (χ1) is 8.40. The number of amides is 1. The second-order valence-corrected chi connectivity index (χ2v) is 6.28. The van der Waals surface area contributed by atoms with Gasteiger partial charge in [0.1, 0.15) is 6.10 Å². The Bertz CT molecular complexity index is 269. The minimum Gasteiger partial charge on any atom is -0.370 e. The lowest BCUT2D eigenvalue weighted by Gasteiger charge is -2.30. The lowest BCUT2D eigenvalue weighted by molar-refractivity contribution is -0.141. The van der Waals surface area contributed by atoms with E-state index in [1.807, 2.05) is 4.90 Å². The van der Waals surface area contributed by atoms with Crippen LogP contribution in [0.2, 0.25) is 0 Å². The number of nitrogens with zero attached hydrogens (tertiary/aromatic N) is 1. The molecule has 0 aromatic carbocycles. The highest BCUT2D eigenvalue weighted by Gasteiger charge is 2.30. The minimum absolute atomic E-state index is 0.0505. The Morgan fingerprint density at radius 1 is 1.39 bits per heavy atom. The molecular weight excluding hydrogens is 228 g/mol. The maximum atomic E-state index is 12.2. The van der Waals surface area contributed by atoms with Crippen LogP contribution >= 0.6 is 0 Å². The number of rotatable bonds is 3. The molecule has 1 aliphatic heterocycles. The van der Waals surface area contributed by atoms with Gasteiger partial charge in [0.05, 0.1) is 0 Å². The minimum atomic E-state index is -0.476. The number of likely N-dealkylation sites (tertiary alicyclic amines) is 1. The highest BCUT2D eigenvalue weighted by Crippen LogP contribution is 2.34. The van der Waals surface area contributed by atoms with Gasteiger partial charge < -0.3 is 15.4 Å². The van der Waals surface area contributed by atoms with Crippen molar-refractivity contribution in [1.82, 2.24) is 4.90 Å². The first-order valence-corrected chi connectivity index (χ1v) is 6.91. The number of carbonyl (C=O) groups excluding carboxylic acids is 1. The standard InChI is InChI=1S/C14H28N2O2/c1-14(2,3)11-6-5-8-16(9-7-11)13(17)12(10-15)18-4/h11-12H,5-10,15H2,1-4H3. The number of ether oxygens (including phenoxy) is 1. The van der Waals surface area contributed by atoms with Gasteiger partial charge >= 0.3 is 0 Å². The van der Waals surface area contributed by atoms with E-state index in [9.17, 15) is 4.79 Å². The first kappa shape index (κ1) is 15.4. The Balaban J connectivity index is 2.59. The second kappa shape index (κ2) is 6.53. The summed E-state index contributed by atoms with van der Waals surface area (Å²) in [4.78, 5) is 14.1. The number of nitrogens with two attached hydrogens (primary N) is 1. The van der Waals surface area contributed by atoms with Gasteiger partial charge in [0.15, 0.2) is 0 Å². The van der Waals surface area contributed by atoms with Crippen molar-refractivity contribution in [2.75, 3.05) is 26.7 Å². The Hall–Kier alpha value is -0.610. The summed E-state index contributed by atoms with van der Waals surface area (Å²) < 4.78 is 5.13. The molecule has 0 radical (unpaired) electrons. The zero-order valence-corrected chi connectivity index (χ0v) is 12.2. The van der Waals surface area contributed by atoms with Crippen LogP contribution in [0.25, 0.3) is 0 Å². The SMILES string of the molecule is COC(CN)C(=O)N1CCCC(C(C)(C)C)CC1. The molecule has 0 spiro atoms. The van der Waals surface area contributed by atoms with E-state index in [4.69, 9.17) is 10.5 Å². The Morgan fingerprint density at radius 2 is 2.06 bits per heavy atom. The first-order valence-electron chi connectivity index (χ1n) is 6.91. The molecule has 1 amide bonds. The van der Waals surface area contributed by atoms with E-state index in [2.05, 4.69) is 20.8 Å². The van der Waals surface area contributed by atoms with Gasteiger partial charge in [-0.1, -0.05) is 20.8 Å². The van der Waals surface area contributed by atoms with Crippen LogP contribution in [-0.2, 0) is 9.53 Å². The van der Waals surface area contributed by atoms with E-state index in [0.29, 0.717) is 11.3 Å². The van der Waals surface area contributed by atoms with Crippen LogP contribution in [-0.4, -0.2) is 43.7 Å². The average molecular weight is 256 g/mol. The molecule has 4 nitrogen and oxygen atoms in total. The summed E-state index contributed by atoms with van der Waals surface area (Å²) in [6, 6.07) is 0. The van der Waals surface area contributed by atoms with Crippen molar-refractivity contribution in [2.45, 2.75) is 46.1 Å². The lowest BCUT2D eigenvalue weighted by Crippen LogP contribution is -2.44. The zero-order chi connectivity index (χ0) is 13.8. The summed E-state index contributed by atoms with van der Waals surface area (Å²) in [6.07, 6.45) is 2.88. The van der Waals surface area contributed by atoms with Crippen LogP contribution in [0.1, 0.15) is 40.0 Å². The van der Waals surface area contributed by atoms with Crippen LogP contribution in [0.15, 0.2) is 0 Å². The van der Waals surface area contributed by atoms with E-state index >= 15 is 0 Å². The van der Waals surface area contributed by atoms with Crippen molar-refractivity contribution in [3.63, 3.8) is 0 Å². The molecule has 0 saturated carbocycles. The molecule has 4 heteroatoms. The van der Waals surface area contributed by atoms with Gasteiger partial charge in [-0.3, -0.25) is 4.79 Å². The number of methoxy groups -OCH3 is 1. The van der Waals surface area contributed by atoms with Crippen molar-refractivity contribution in [1.29, 1.82) is 0 Å². The molecule has 1 fully saturated rings. The van der Waals surface area contributed by atoms with Crippen LogP contribution in [0.3, 0.4) is 0 Å². The van der Waals surface area contributed by atoms with Crippen LogP contribution in [0.5, 0.6) is 0 Å². The van der Waals surface area contributed by atoms with Gasteiger partial charge in [0.2, 0.25) is 0 Å². The summed E-state index contributed by atoms with van der Waals surface area (Å²) in [7, 11) is 1.55. The summed E-state index contributed by atoms with van der Waals surface area (Å²) in [6.45, 7) is 8.79. The number of carbonyl (C=O) groups is 1. The fourth-order valence-electron chi connectivity index (χ4n) is 2.68. The van der Waals surface area contributed by atoms with E-state index < -0.39 is 6.10 Å². The van der Waals surface area contributed by atoms with Crippen molar-refractivity contribution < 1.29 is 9.53 Å². The molecule has 1 aliphatic rings. The molecule has 2 atom stereocenters. The molecule has 2 unspecified atom stereocenters. The predicted octanol–water partition coefficient (Wildman–Crippen LogP) is 1.63. The van der Waals surface area contributed by atoms with Crippen LogP contribution in [0.4, 0.5) is 0 Å². The smallest absolute Gasteiger partial charge is 0.253 e. The van der Waals surface area contributed by atoms with Crippen molar-refractivity contribution in [3.8, 4) is 0 Å². The number of hydrogen-bond donors (Lipinski definition) is 1. The van der Waals surface area contributed by atoms with Crippen molar-refractivity contribution in [2.24, 2.45) is 17.1 Å². The normalized spacial score (nSPS) is 23.6. The molecule has 1 saturated heterocycles. The Morgan fingerprint density at radius 3 is 2.56 bits per heavy atom. The molecular formula is C14H28N2O2. The predicted molar refractivity (Wildman–Crippen MR) is 73.2 cm³/mol. The topological polar surface area (TPSA) is 55.6 Å². The van der Waals surface area contributed by atoms with E-state index in [-0.39, 0.29) is 12.5 Å². The van der Waals surface area contributed by atoms with Gasteiger partial charge in [0.25, 0.3) is 5.91 Å². The quantitative estimate of drug-likeness (QED) is 0.835. The van der Waals surface area contributed by atoms with E-state index in [0.717, 1.165) is 25.9 Å². The van der Waals surface area contributed by atoms with Gasteiger partial charge in [-0.2, -0.15) is 0 Å². The van der Waals surface area contributed by atoms with Gasteiger partial charge in [0, 0.05) is 26.7 Å². The third kappa shape index (κ3) is 3.95. The molecule has 1 rings (SSSR count). The van der Waals surface area contributed by atoms with Crippen LogP contribution < -0.4 is 5.73 Å². The maximum Gasteiger partial charge on any atom is 0.253 e. The van der Waals surface area contributed by atoms with Crippen LogP contribution in [0, 0.1) is 11.3 Å². The summed E-state index contributed by atoms with van der Waals surface area (Å²) >= 11 is 0. The summed E-state index contributed by atoms with van der Waals surface area (Å²) in [5.41, 5.74) is 5.88. The molecule has 0 aromatic rings. The van der Waals surface area contributed by atoms with Crippen molar-refractivity contribution in [3.05, 3.63) is 0 Å². The monoisotopic (exact) mass is 256 g/mol. The summed E-state index contributed by atoms with van der Waals surface area (Å²) in [5.74, 6) is 0.740. The fraction of sp³-hybridized carbons (Fsp3) is 0.929. The largest absolute Gasteiger partial charge is 0.370 e. The fourth-order valence-corrected chi connectivity index (χ4v) is 2.68. The zero-order valence-electron chi connectivity index (χ0n) is 12.2. The summed E-state index contributed by atoms with van der Waals surface area (Å²) in [5, 5.41) is 0. The van der Waals surface area contributed by atoms with Crippen molar-refractivity contribution >= 4 is 5.91 Å². The number of hydrogen-bond acceptors (Lipinski definition) is 3. The van der Waals surface area contributed by atoms with Gasteiger partial charge in [-0.25, -0.2) is 0 Å². The Kier molecular flexibility index (Phi) is 5.60. The lowest BCUT2D eigenvalue weighted by atomic mass is 9.77. The average Bonchev–Trinajstić information content (AvgIpc) is 2.55. The highest BCUT2D eigenvalue weighted by atomic mass is 16.5. The maximum absolute atomic E-state index is 12.2. The highest BCUT2D eigenvalue weighted by molar-refractivity contribution is 5.81. The molecule has 18 heavy (non-hydrogen) atoms. The van der Waals surface area contributed by atoms with E-state index in [1.54, 1.807) is 7.11 Å². The molecule has 106 valence electrons. The van der Waals surface area contributed by atoms with E-state index in [1.165, 1.54) is 6.42 Å². The molecule has 0 bridgehead atoms.